The SMILES string of the molecule is CCNC(=NCCN1C(=O)CCCC1=O)NC1CCN(CC(F)F)CC1.I. The minimum atomic E-state index is -2.29. The molecule has 0 saturated carbocycles. The second-order valence-corrected chi connectivity index (χ2v) is 6.66. The van der Waals surface area contributed by atoms with E-state index >= 15 is 0 Å². The molecule has 156 valence electrons. The van der Waals surface area contributed by atoms with Gasteiger partial charge in [0, 0.05) is 45.1 Å². The molecular formula is C17H30F2IN5O2. The number of halogens is 3. The molecule has 2 fully saturated rings. The fourth-order valence-electron chi connectivity index (χ4n) is 3.28. The predicted molar refractivity (Wildman–Crippen MR) is 111 cm³/mol. The third-order valence-electron chi connectivity index (χ3n) is 4.65. The third kappa shape index (κ3) is 8.24. The number of amides is 2. The number of likely N-dealkylation sites (tertiary alicyclic amines) is 2. The Balaban J connectivity index is 0.00000364. The summed E-state index contributed by atoms with van der Waals surface area (Å²) in [6.45, 7) is 4.39. The Bertz CT molecular complexity index is 498. The predicted octanol–water partition coefficient (Wildman–Crippen LogP) is 1.43. The van der Waals surface area contributed by atoms with Crippen LogP contribution in [-0.4, -0.2) is 79.3 Å². The highest BCUT2D eigenvalue weighted by Crippen LogP contribution is 2.13. The van der Waals surface area contributed by atoms with Gasteiger partial charge in [0.1, 0.15) is 0 Å². The fourth-order valence-corrected chi connectivity index (χ4v) is 3.28. The molecule has 2 heterocycles. The minimum absolute atomic E-state index is 0. The summed E-state index contributed by atoms with van der Waals surface area (Å²) in [5.74, 6) is 0.387. The van der Waals surface area contributed by atoms with Gasteiger partial charge < -0.3 is 10.6 Å². The number of carbonyl (C=O) groups is 2. The van der Waals surface area contributed by atoms with Crippen molar-refractivity contribution in [3.63, 3.8) is 0 Å². The first kappa shape index (κ1) is 24.0. The minimum Gasteiger partial charge on any atom is -0.357 e. The van der Waals surface area contributed by atoms with E-state index in [2.05, 4.69) is 15.6 Å². The molecule has 2 rings (SSSR count). The van der Waals surface area contributed by atoms with E-state index in [1.54, 1.807) is 4.90 Å². The third-order valence-corrected chi connectivity index (χ3v) is 4.65. The van der Waals surface area contributed by atoms with E-state index in [4.69, 9.17) is 0 Å². The smallest absolute Gasteiger partial charge is 0.251 e. The highest BCUT2D eigenvalue weighted by molar-refractivity contribution is 14.0. The monoisotopic (exact) mass is 501 g/mol. The number of hydrogen-bond donors (Lipinski definition) is 2. The van der Waals surface area contributed by atoms with Gasteiger partial charge in [0.05, 0.1) is 13.1 Å². The van der Waals surface area contributed by atoms with Gasteiger partial charge in [-0.3, -0.25) is 24.4 Å². The first-order valence-corrected chi connectivity index (χ1v) is 9.38. The van der Waals surface area contributed by atoms with Crippen LogP contribution in [0.15, 0.2) is 4.99 Å². The van der Waals surface area contributed by atoms with Crippen LogP contribution in [0.1, 0.15) is 39.0 Å². The number of carbonyl (C=O) groups excluding carboxylic acids is 2. The molecular weight excluding hydrogens is 471 g/mol. The summed E-state index contributed by atoms with van der Waals surface area (Å²) >= 11 is 0. The largest absolute Gasteiger partial charge is 0.357 e. The quantitative estimate of drug-likeness (QED) is 0.239. The van der Waals surface area contributed by atoms with Gasteiger partial charge >= 0.3 is 0 Å². The van der Waals surface area contributed by atoms with E-state index < -0.39 is 6.43 Å². The molecule has 0 aromatic rings. The van der Waals surface area contributed by atoms with Gasteiger partial charge in [-0.15, -0.1) is 24.0 Å². The molecule has 0 aromatic carbocycles. The maximum absolute atomic E-state index is 12.4. The maximum Gasteiger partial charge on any atom is 0.251 e. The lowest BCUT2D eigenvalue weighted by molar-refractivity contribution is -0.147. The molecule has 0 spiro atoms. The fraction of sp³-hybridized carbons (Fsp3) is 0.824. The highest BCUT2D eigenvalue weighted by Gasteiger charge is 2.25. The highest BCUT2D eigenvalue weighted by atomic mass is 127. The molecule has 0 aromatic heterocycles. The van der Waals surface area contributed by atoms with E-state index in [9.17, 15) is 18.4 Å². The summed E-state index contributed by atoms with van der Waals surface area (Å²) in [4.78, 5) is 31.1. The van der Waals surface area contributed by atoms with E-state index in [-0.39, 0.29) is 48.4 Å². The Morgan fingerprint density at radius 2 is 1.85 bits per heavy atom. The molecule has 27 heavy (non-hydrogen) atoms. The Labute approximate surface area is 176 Å². The second-order valence-electron chi connectivity index (χ2n) is 6.66. The second kappa shape index (κ2) is 12.4. The topological polar surface area (TPSA) is 77.0 Å². The lowest BCUT2D eigenvalue weighted by Crippen LogP contribution is -2.49. The van der Waals surface area contributed by atoms with E-state index in [0.29, 0.717) is 57.9 Å². The molecule has 0 bridgehead atoms. The zero-order valence-corrected chi connectivity index (χ0v) is 18.1. The molecule has 2 aliphatic heterocycles. The van der Waals surface area contributed by atoms with Crippen LogP contribution in [-0.2, 0) is 9.59 Å². The van der Waals surface area contributed by atoms with Crippen LogP contribution in [0.3, 0.4) is 0 Å². The van der Waals surface area contributed by atoms with E-state index in [1.807, 2.05) is 6.92 Å². The van der Waals surface area contributed by atoms with Gasteiger partial charge in [-0.05, 0) is 26.2 Å². The van der Waals surface area contributed by atoms with Crippen molar-refractivity contribution in [2.75, 3.05) is 39.3 Å². The number of guanidine groups is 1. The summed E-state index contributed by atoms with van der Waals surface area (Å²) < 4.78 is 24.9. The molecule has 0 aliphatic carbocycles. The van der Waals surface area contributed by atoms with Crippen LogP contribution in [0, 0.1) is 0 Å². The molecule has 2 N–H and O–H groups in total. The number of nitrogens with zero attached hydrogens (tertiary/aromatic N) is 3. The normalized spacial score (nSPS) is 20.0. The van der Waals surface area contributed by atoms with Crippen LogP contribution in [0.25, 0.3) is 0 Å². The summed E-state index contributed by atoms with van der Waals surface area (Å²) in [5, 5.41) is 6.48. The molecule has 0 radical (unpaired) electrons. The standard InChI is InChI=1S/C17H29F2N5O2.HI/c1-2-20-17(21-8-11-24-15(25)4-3-5-16(24)26)22-13-6-9-23(10-7-13)12-14(18)19;/h13-14H,2-12H2,1H3,(H2,20,21,22);1H. The van der Waals surface area contributed by atoms with Gasteiger partial charge in [-0.1, -0.05) is 0 Å². The molecule has 2 amide bonds. The van der Waals surface area contributed by atoms with Gasteiger partial charge in [0.15, 0.2) is 5.96 Å². The first-order chi connectivity index (χ1) is 12.5. The summed E-state index contributed by atoms with van der Waals surface area (Å²) in [6, 6.07) is 0.181. The number of alkyl halides is 2. The van der Waals surface area contributed by atoms with Gasteiger partial charge in [0.2, 0.25) is 11.8 Å². The molecule has 7 nitrogen and oxygen atoms in total. The lowest BCUT2D eigenvalue weighted by Gasteiger charge is -2.32. The van der Waals surface area contributed by atoms with Gasteiger partial charge in [-0.2, -0.15) is 0 Å². The summed E-state index contributed by atoms with van der Waals surface area (Å²) in [5.41, 5.74) is 0. The Morgan fingerprint density at radius 1 is 1.22 bits per heavy atom. The van der Waals surface area contributed by atoms with Crippen molar-refractivity contribution in [1.82, 2.24) is 20.4 Å². The number of piperidine rings is 2. The van der Waals surface area contributed by atoms with Crippen molar-refractivity contribution in [3.05, 3.63) is 0 Å². The van der Waals surface area contributed by atoms with Crippen molar-refractivity contribution in [2.45, 2.75) is 51.5 Å². The summed E-state index contributed by atoms with van der Waals surface area (Å²) in [7, 11) is 0. The molecule has 10 heteroatoms. The van der Waals surface area contributed by atoms with Crippen molar-refractivity contribution >= 4 is 41.8 Å². The number of rotatable bonds is 7. The average molecular weight is 501 g/mol. The zero-order valence-electron chi connectivity index (χ0n) is 15.8. The first-order valence-electron chi connectivity index (χ1n) is 9.38. The van der Waals surface area contributed by atoms with Gasteiger partial charge in [-0.25, -0.2) is 8.78 Å². The Hall–Kier alpha value is -1.04. The zero-order chi connectivity index (χ0) is 18.9. The van der Waals surface area contributed by atoms with Crippen molar-refractivity contribution in [1.29, 1.82) is 0 Å². The van der Waals surface area contributed by atoms with Crippen molar-refractivity contribution < 1.29 is 18.4 Å². The van der Waals surface area contributed by atoms with Crippen LogP contribution < -0.4 is 10.6 Å². The molecule has 0 unspecified atom stereocenters. The molecule has 2 saturated heterocycles. The number of hydrogen-bond acceptors (Lipinski definition) is 4. The van der Waals surface area contributed by atoms with Crippen LogP contribution in [0.4, 0.5) is 8.78 Å². The van der Waals surface area contributed by atoms with E-state index in [1.165, 1.54) is 4.90 Å². The maximum atomic E-state index is 12.4. The van der Waals surface area contributed by atoms with E-state index in [0.717, 1.165) is 12.8 Å². The Kier molecular flexibility index (Phi) is 11.0. The van der Waals surface area contributed by atoms with Crippen molar-refractivity contribution in [3.8, 4) is 0 Å². The van der Waals surface area contributed by atoms with Crippen LogP contribution >= 0.6 is 24.0 Å². The molecule has 2 aliphatic rings. The Morgan fingerprint density at radius 3 is 2.41 bits per heavy atom. The van der Waals surface area contributed by atoms with Crippen LogP contribution in [0.2, 0.25) is 0 Å². The average Bonchev–Trinajstić information content (AvgIpc) is 2.59. The lowest BCUT2D eigenvalue weighted by atomic mass is 10.1. The van der Waals surface area contributed by atoms with Gasteiger partial charge in [0.25, 0.3) is 6.43 Å². The number of imide groups is 1. The molecule has 0 atom stereocenters. The van der Waals surface area contributed by atoms with Crippen LogP contribution in [0.5, 0.6) is 0 Å². The summed E-state index contributed by atoms with van der Waals surface area (Å²) in [6.07, 6.45) is 0.737. The number of nitrogens with one attached hydrogen (secondary N) is 2. The number of aliphatic imine (C=N–C) groups is 1. The van der Waals surface area contributed by atoms with Crippen molar-refractivity contribution in [2.24, 2.45) is 4.99 Å².